The Morgan fingerprint density at radius 2 is 2.31 bits per heavy atom. The first-order valence-electron chi connectivity index (χ1n) is 10.3. The molecule has 0 radical (unpaired) electrons. The van der Waals surface area contributed by atoms with E-state index in [0.29, 0.717) is 24.1 Å². The molecule has 6 N–H and O–H groups in total. The Bertz CT molecular complexity index is 843. The fourth-order valence-electron chi connectivity index (χ4n) is 4.18. The van der Waals surface area contributed by atoms with Crippen LogP contribution < -0.4 is 22.2 Å². The van der Waals surface area contributed by atoms with Crippen molar-refractivity contribution in [1.29, 1.82) is 0 Å². The van der Waals surface area contributed by atoms with Gasteiger partial charge in [-0.15, -0.1) is 11.6 Å². The van der Waals surface area contributed by atoms with Crippen molar-refractivity contribution in [3.63, 3.8) is 0 Å². The summed E-state index contributed by atoms with van der Waals surface area (Å²) in [5.74, 6) is 0.525. The number of amidine groups is 1. The van der Waals surface area contributed by atoms with E-state index in [1.807, 2.05) is 6.08 Å². The number of nitrogens with two attached hydrogens (primary N) is 2. The summed E-state index contributed by atoms with van der Waals surface area (Å²) in [6, 6.07) is 0.356. The molecule has 0 aromatic rings. The minimum Gasteiger partial charge on any atom is -0.397 e. The third-order valence-corrected chi connectivity index (χ3v) is 6.25. The quantitative estimate of drug-likeness (QED) is 0.523. The Hall–Kier alpha value is -2.25. The maximum atomic E-state index is 6.44. The highest BCUT2D eigenvalue weighted by Crippen LogP contribution is 2.25. The van der Waals surface area contributed by atoms with Crippen LogP contribution in [-0.2, 0) is 0 Å². The zero-order chi connectivity index (χ0) is 20.4. The molecule has 8 heteroatoms. The normalized spacial score (nSPS) is 30.6. The summed E-state index contributed by atoms with van der Waals surface area (Å²) in [4.78, 5) is 6.67. The molecule has 156 valence electrons. The lowest BCUT2D eigenvalue weighted by atomic mass is 9.98. The smallest absolute Gasteiger partial charge is 0.142 e. The average molecular weight is 416 g/mol. The molecular weight excluding hydrogens is 386 g/mol. The Kier molecular flexibility index (Phi) is 5.96. The minimum absolute atomic E-state index is 0.0478. The van der Waals surface area contributed by atoms with Crippen molar-refractivity contribution in [2.45, 2.75) is 44.0 Å². The molecule has 0 amide bonds. The summed E-state index contributed by atoms with van der Waals surface area (Å²) < 4.78 is 0. The molecule has 7 nitrogen and oxygen atoms in total. The SMILES string of the molecule is CC1=CCC(Cl)C=C1CN1CCN=C(N)C1=CC(N)=C1CC(C2CCCN2)=NN1. The van der Waals surface area contributed by atoms with Crippen molar-refractivity contribution in [2.24, 2.45) is 21.6 Å². The second kappa shape index (κ2) is 8.63. The van der Waals surface area contributed by atoms with Crippen LogP contribution in [0.25, 0.3) is 0 Å². The molecule has 29 heavy (non-hydrogen) atoms. The molecule has 2 atom stereocenters. The van der Waals surface area contributed by atoms with E-state index in [9.17, 15) is 0 Å². The zero-order valence-corrected chi connectivity index (χ0v) is 17.7. The van der Waals surface area contributed by atoms with Crippen LogP contribution in [0.1, 0.15) is 32.6 Å². The summed E-state index contributed by atoms with van der Waals surface area (Å²) in [6.07, 6.45) is 10.2. The van der Waals surface area contributed by atoms with Gasteiger partial charge in [-0.25, -0.2) is 0 Å². The lowest BCUT2D eigenvalue weighted by Gasteiger charge is -2.32. The van der Waals surface area contributed by atoms with E-state index in [2.05, 4.69) is 44.8 Å². The summed E-state index contributed by atoms with van der Waals surface area (Å²) >= 11 is 6.34. The number of allylic oxidation sites excluding steroid dienone is 4. The number of rotatable bonds is 4. The van der Waals surface area contributed by atoms with Crippen LogP contribution in [0, 0.1) is 0 Å². The molecule has 0 aromatic carbocycles. The van der Waals surface area contributed by atoms with Crippen molar-refractivity contribution in [2.75, 3.05) is 26.2 Å². The van der Waals surface area contributed by atoms with Gasteiger partial charge in [0.15, 0.2) is 0 Å². The van der Waals surface area contributed by atoms with E-state index in [4.69, 9.17) is 23.1 Å². The molecule has 0 spiro atoms. The summed E-state index contributed by atoms with van der Waals surface area (Å²) in [7, 11) is 0. The van der Waals surface area contributed by atoms with Crippen molar-refractivity contribution in [3.05, 3.63) is 46.5 Å². The topological polar surface area (TPSA) is 104 Å². The highest BCUT2D eigenvalue weighted by Gasteiger charge is 2.26. The largest absolute Gasteiger partial charge is 0.397 e. The van der Waals surface area contributed by atoms with Gasteiger partial charge in [0.1, 0.15) is 5.84 Å². The van der Waals surface area contributed by atoms with E-state index in [1.54, 1.807) is 0 Å². The third kappa shape index (κ3) is 4.51. The number of halogens is 1. The van der Waals surface area contributed by atoms with Crippen LogP contribution in [0.3, 0.4) is 0 Å². The molecule has 0 bridgehead atoms. The number of nitrogens with zero attached hydrogens (tertiary/aromatic N) is 3. The van der Waals surface area contributed by atoms with Crippen LogP contribution in [0.4, 0.5) is 0 Å². The number of hydrogen-bond donors (Lipinski definition) is 4. The Balaban J connectivity index is 1.52. The van der Waals surface area contributed by atoms with E-state index in [-0.39, 0.29) is 5.38 Å². The number of alkyl halides is 1. The van der Waals surface area contributed by atoms with Crippen molar-refractivity contribution >= 4 is 23.1 Å². The minimum atomic E-state index is 0.0478. The third-order valence-electron chi connectivity index (χ3n) is 5.95. The monoisotopic (exact) mass is 415 g/mol. The van der Waals surface area contributed by atoms with E-state index >= 15 is 0 Å². The maximum Gasteiger partial charge on any atom is 0.142 e. The van der Waals surface area contributed by atoms with Gasteiger partial charge in [0.05, 0.1) is 34.7 Å². The molecule has 1 saturated heterocycles. The second-order valence-corrected chi connectivity index (χ2v) is 8.58. The summed E-state index contributed by atoms with van der Waals surface area (Å²) in [5, 5.41) is 8.03. The number of hydrogen-bond acceptors (Lipinski definition) is 7. The number of hydrazone groups is 1. The fourth-order valence-corrected chi connectivity index (χ4v) is 4.42. The summed E-state index contributed by atoms with van der Waals surface area (Å²) in [6.45, 7) is 5.41. The van der Waals surface area contributed by atoms with Crippen LogP contribution in [0.5, 0.6) is 0 Å². The first-order valence-corrected chi connectivity index (χ1v) is 10.8. The molecule has 4 aliphatic rings. The zero-order valence-electron chi connectivity index (χ0n) is 16.9. The van der Waals surface area contributed by atoms with Gasteiger partial charge in [-0.05, 0) is 44.4 Å². The molecule has 0 saturated carbocycles. The Morgan fingerprint density at radius 3 is 3.10 bits per heavy atom. The standard InChI is InChI=1S/C21H30ClN7/c1-13-4-5-15(22)9-14(13)12-29-8-7-26-21(24)20(29)10-16(23)18-11-19(28-27-18)17-3-2-6-25-17/h4,9-10,15,17,25,27H,2-3,5-8,11-12,23H2,1H3,(H2,24,26). The van der Waals surface area contributed by atoms with Gasteiger partial charge in [0.25, 0.3) is 0 Å². The molecule has 2 unspecified atom stereocenters. The highest BCUT2D eigenvalue weighted by atomic mass is 35.5. The summed E-state index contributed by atoms with van der Waals surface area (Å²) in [5.41, 5.74) is 21.9. The predicted octanol–water partition coefficient (Wildman–Crippen LogP) is 1.70. The van der Waals surface area contributed by atoms with Crippen LogP contribution in [0.15, 0.2) is 56.6 Å². The molecule has 3 aliphatic heterocycles. The van der Waals surface area contributed by atoms with Gasteiger partial charge < -0.3 is 21.7 Å². The molecule has 3 heterocycles. The van der Waals surface area contributed by atoms with Gasteiger partial charge in [0, 0.05) is 25.6 Å². The fraction of sp³-hybridized carbons (Fsp3) is 0.524. The van der Waals surface area contributed by atoms with Crippen LogP contribution in [0.2, 0.25) is 0 Å². The highest BCUT2D eigenvalue weighted by molar-refractivity contribution is 6.22. The van der Waals surface area contributed by atoms with Gasteiger partial charge in [-0.2, -0.15) is 5.10 Å². The van der Waals surface area contributed by atoms with Gasteiger partial charge >= 0.3 is 0 Å². The molecule has 1 aliphatic carbocycles. The lowest BCUT2D eigenvalue weighted by Crippen LogP contribution is -2.39. The van der Waals surface area contributed by atoms with Crippen molar-refractivity contribution in [1.82, 2.24) is 15.6 Å². The number of nitrogens with one attached hydrogen (secondary N) is 2. The Labute approximate surface area is 177 Å². The lowest BCUT2D eigenvalue weighted by molar-refractivity contribution is 0.388. The Morgan fingerprint density at radius 1 is 1.45 bits per heavy atom. The van der Waals surface area contributed by atoms with Crippen molar-refractivity contribution < 1.29 is 0 Å². The predicted molar refractivity (Wildman–Crippen MR) is 120 cm³/mol. The van der Waals surface area contributed by atoms with Gasteiger partial charge in [0.2, 0.25) is 0 Å². The first kappa shape index (κ1) is 20.0. The molecule has 1 fully saturated rings. The van der Waals surface area contributed by atoms with E-state index < -0.39 is 0 Å². The second-order valence-electron chi connectivity index (χ2n) is 8.02. The van der Waals surface area contributed by atoms with Gasteiger partial charge in [-0.1, -0.05) is 17.7 Å². The van der Waals surface area contributed by atoms with Gasteiger partial charge in [-0.3, -0.25) is 10.4 Å². The molecule has 0 aromatic heterocycles. The molecular formula is C21H30ClN7. The van der Waals surface area contributed by atoms with Crippen molar-refractivity contribution in [3.8, 4) is 0 Å². The first-order chi connectivity index (χ1) is 14.0. The maximum absolute atomic E-state index is 6.44. The van der Waals surface area contributed by atoms with Crippen LogP contribution >= 0.6 is 11.6 Å². The number of aliphatic imine (C=N–C) groups is 1. The van der Waals surface area contributed by atoms with E-state index in [0.717, 1.165) is 56.0 Å². The van der Waals surface area contributed by atoms with E-state index in [1.165, 1.54) is 17.6 Å². The average Bonchev–Trinajstić information content (AvgIpc) is 3.39. The van der Waals surface area contributed by atoms with Crippen LogP contribution in [-0.4, -0.2) is 54.0 Å². The molecule has 4 rings (SSSR count).